The van der Waals surface area contributed by atoms with Gasteiger partial charge in [0.2, 0.25) is 0 Å². The second kappa shape index (κ2) is 8.04. The fourth-order valence-corrected chi connectivity index (χ4v) is 7.25. The molecule has 3 rings (SSSR count). The second-order valence-electron chi connectivity index (χ2n) is 5.74. The highest BCUT2D eigenvalue weighted by molar-refractivity contribution is 8.37. The molecule has 1 heteroatoms. The Balaban J connectivity index is 2.44. The lowest BCUT2D eigenvalue weighted by Crippen LogP contribution is -2.05. The Labute approximate surface area is 152 Å². The molecule has 0 amide bonds. The maximum absolute atomic E-state index is 2.27. The predicted molar refractivity (Wildman–Crippen MR) is 110 cm³/mol. The van der Waals surface area contributed by atoms with E-state index in [1.54, 1.807) is 0 Å². The van der Waals surface area contributed by atoms with E-state index in [1.807, 2.05) is 0 Å². The lowest BCUT2D eigenvalue weighted by Gasteiger charge is -2.42. The summed E-state index contributed by atoms with van der Waals surface area (Å²) < 4.78 is 0. The monoisotopic (exact) mass is 344 g/mol. The summed E-state index contributed by atoms with van der Waals surface area (Å²) in [5, 5.41) is 0. The van der Waals surface area contributed by atoms with Crippen molar-refractivity contribution in [2.45, 2.75) is 28.5 Å². The summed E-state index contributed by atoms with van der Waals surface area (Å²) >= 11 is 0. The van der Waals surface area contributed by atoms with Crippen LogP contribution in [0.25, 0.3) is 0 Å². The Morgan fingerprint density at radius 3 is 1.24 bits per heavy atom. The maximum Gasteiger partial charge on any atom is 0.00228 e. The Morgan fingerprint density at radius 1 is 0.600 bits per heavy atom. The van der Waals surface area contributed by atoms with Crippen molar-refractivity contribution in [3.8, 4) is 0 Å². The van der Waals surface area contributed by atoms with E-state index in [4.69, 9.17) is 0 Å². The lowest BCUT2D eigenvalue weighted by atomic mass is 10.3. The van der Waals surface area contributed by atoms with Gasteiger partial charge in [-0.3, -0.25) is 0 Å². The second-order valence-corrected chi connectivity index (χ2v) is 8.85. The van der Waals surface area contributed by atoms with Crippen LogP contribution in [-0.4, -0.2) is 0 Å². The summed E-state index contributed by atoms with van der Waals surface area (Å²) in [6.07, 6.45) is 6.68. The summed E-state index contributed by atoms with van der Waals surface area (Å²) in [6, 6.07) is 32.7. The summed E-state index contributed by atoms with van der Waals surface area (Å²) in [4.78, 5) is 5.44. The van der Waals surface area contributed by atoms with Crippen LogP contribution in [0.2, 0.25) is 0 Å². The first-order valence-corrected chi connectivity index (χ1v) is 10.2. The molecule has 0 saturated carbocycles. The van der Waals surface area contributed by atoms with E-state index >= 15 is 0 Å². The van der Waals surface area contributed by atoms with Gasteiger partial charge < -0.3 is 0 Å². The van der Waals surface area contributed by atoms with Gasteiger partial charge in [-0.2, -0.15) is 0 Å². The molecule has 0 nitrogen and oxygen atoms in total. The molecule has 0 unspecified atom stereocenters. The number of benzene rings is 3. The Bertz CT molecular complexity index is 750. The van der Waals surface area contributed by atoms with Crippen LogP contribution in [0.5, 0.6) is 0 Å². The van der Waals surface area contributed by atoms with Crippen LogP contribution in [0, 0.1) is 0 Å². The largest absolute Gasteiger partial charge is 0.133 e. The quantitative estimate of drug-likeness (QED) is 0.422. The third kappa shape index (κ3) is 3.20. The van der Waals surface area contributed by atoms with Crippen LogP contribution in [0.3, 0.4) is 0 Å². The van der Waals surface area contributed by atoms with Crippen molar-refractivity contribution < 1.29 is 0 Å². The third-order valence-corrected chi connectivity index (χ3v) is 8.28. The zero-order valence-electron chi connectivity index (χ0n) is 14.8. The first kappa shape index (κ1) is 17.3. The van der Waals surface area contributed by atoms with Gasteiger partial charge in [0.25, 0.3) is 0 Å². The van der Waals surface area contributed by atoms with E-state index in [9.17, 15) is 0 Å². The highest BCUT2D eigenvalue weighted by Gasteiger charge is 2.33. The Morgan fingerprint density at radius 2 is 0.960 bits per heavy atom. The van der Waals surface area contributed by atoms with Gasteiger partial charge in [0.1, 0.15) is 0 Å². The van der Waals surface area contributed by atoms with Gasteiger partial charge in [-0.25, -0.2) is 0 Å². The Kier molecular flexibility index (Phi) is 5.57. The average molecular weight is 345 g/mol. The van der Waals surface area contributed by atoms with Crippen LogP contribution in [-0.2, 0) is 0 Å². The van der Waals surface area contributed by atoms with E-state index in [0.29, 0.717) is 0 Å². The molecule has 0 aliphatic heterocycles. The molecule has 0 radical (unpaired) electrons. The minimum absolute atomic E-state index is 1.36. The molecule has 0 atom stereocenters. The van der Waals surface area contributed by atoms with Gasteiger partial charge in [-0.1, -0.05) is 72.8 Å². The fourth-order valence-electron chi connectivity index (χ4n) is 3.23. The molecule has 0 bridgehead atoms. The number of rotatable bonds is 5. The molecule has 3 aromatic carbocycles. The summed E-state index contributed by atoms with van der Waals surface area (Å²) in [7, 11) is -1.51. The molecule has 0 aliphatic rings. The molecule has 0 aromatic heterocycles. The minimum Gasteiger partial charge on any atom is -0.133 e. The van der Waals surface area contributed by atoms with E-state index in [2.05, 4.69) is 123 Å². The SMILES string of the molecule is C/C=C\C(=C/C)S(c1ccccc1)(c1ccccc1)c1ccccc1. The van der Waals surface area contributed by atoms with E-state index in [-0.39, 0.29) is 0 Å². The first-order valence-electron chi connectivity index (χ1n) is 8.61. The van der Waals surface area contributed by atoms with Crippen molar-refractivity contribution in [2.75, 3.05) is 0 Å². The molecule has 0 saturated heterocycles. The van der Waals surface area contributed by atoms with Crippen LogP contribution in [0.15, 0.2) is 129 Å². The summed E-state index contributed by atoms with van der Waals surface area (Å²) in [5.41, 5.74) is 0. The van der Waals surface area contributed by atoms with Gasteiger partial charge in [0, 0.05) is 14.7 Å². The Hall–Kier alpha value is -2.51. The van der Waals surface area contributed by atoms with Gasteiger partial charge in [-0.05, 0) is 55.2 Å². The van der Waals surface area contributed by atoms with Gasteiger partial charge >= 0.3 is 0 Å². The fraction of sp³-hybridized carbons (Fsp3) is 0.0833. The summed E-state index contributed by atoms with van der Waals surface area (Å²) in [6.45, 7) is 4.24. The van der Waals surface area contributed by atoms with Crippen molar-refractivity contribution in [1.82, 2.24) is 0 Å². The van der Waals surface area contributed by atoms with E-state index < -0.39 is 10.0 Å². The zero-order chi connectivity index (χ0) is 17.5. The molecule has 0 spiro atoms. The van der Waals surface area contributed by atoms with Crippen molar-refractivity contribution in [3.63, 3.8) is 0 Å². The molecule has 3 aromatic rings. The zero-order valence-corrected chi connectivity index (χ0v) is 15.6. The molecule has 0 N–H and O–H groups in total. The van der Waals surface area contributed by atoms with Crippen LogP contribution in [0.1, 0.15) is 13.8 Å². The highest BCUT2D eigenvalue weighted by Crippen LogP contribution is 2.73. The minimum atomic E-state index is -1.51. The smallest absolute Gasteiger partial charge is 0.00228 e. The van der Waals surface area contributed by atoms with E-state index in [0.717, 1.165) is 0 Å². The number of hydrogen-bond donors (Lipinski definition) is 0. The summed E-state index contributed by atoms with van der Waals surface area (Å²) in [5.74, 6) is 0. The molecule has 0 fully saturated rings. The van der Waals surface area contributed by atoms with Crippen LogP contribution in [0.4, 0.5) is 0 Å². The van der Waals surface area contributed by atoms with Gasteiger partial charge in [0.15, 0.2) is 0 Å². The van der Waals surface area contributed by atoms with Crippen molar-refractivity contribution in [1.29, 1.82) is 0 Å². The molecule has 0 heterocycles. The van der Waals surface area contributed by atoms with Crippen molar-refractivity contribution in [3.05, 3.63) is 114 Å². The number of hydrogen-bond acceptors (Lipinski definition) is 0. The molecule has 126 valence electrons. The molecule has 25 heavy (non-hydrogen) atoms. The van der Waals surface area contributed by atoms with Crippen LogP contribution < -0.4 is 0 Å². The van der Waals surface area contributed by atoms with Gasteiger partial charge in [0.05, 0.1) is 0 Å². The maximum atomic E-state index is 2.27. The lowest BCUT2D eigenvalue weighted by molar-refractivity contribution is 1.29. The van der Waals surface area contributed by atoms with Crippen LogP contribution >= 0.6 is 10.0 Å². The van der Waals surface area contributed by atoms with E-state index in [1.165, 1.54) is 19.6 Å². The molecular formula is C24H24S. The van der Waals surface area contributed by atoms with Gasteiger partial charge in [-0.15, -0.1) is 10.0 Å². The van der Waals surface area contributed by atoms with Crippen molar-refractivity contribution >= 4 is 10.0 Å². The highest BCUT2D eigenvalue weighted by atomic mass is 32.3. The normalized spacial score (nSPS) is 13.1. The number of allylic oxidation sites excluding steroid dienone is 3. The van der Waals surface area contributed by atoms with Crippen molar-refractivity contribution in [2.24, 2.45) is 0 Å². The molecular weight excluding hydrogens is 320 g/mol. The standard InChI is InChI=1S/C24H24S/c1-3-14-21(4-2)25(22-15-8-5-9-16-22,23-17-10-6-11-18-23)24-19-12-7-13-20-24/h3-20H,1-2H3/b14-3-,21-4+. The third-order valence-electron chi connectivity index (χ3n) is 4.26. The topological polar surface area (TPSA) is 0 Å². The molecule has 0 aliphatic carbocycles. The predicted octanol–water partition coefficient (Wildman–Crippen LogP) is 7.45. The average Bonchev–Trinajstić information content (AvgIpc) is 2.70. The first-order chi connectivity index (χ1) is 12.3.